The Kier molecular flexibility index (Phi) is 8.06. The molecule has 3 nitrogen and oxygen atoms in total. The molecule has 15 heavy (non-hydrogen) atoms. The van der Waals surface area contributed by atoms with Crippen LogP contribution in [-0.2, 0) is 10.1 Å². The monoisotopic (exact) mass is 236 g/mol. The van der Waals surface area contributed by atoms with E-state index in [0.29, 0.717) is 6.42 Å². The van der Waals surface area contributed by atoms with Gasteiger partial charge in [-0.1, -0.05) is 51.9 Å². The highest BCUT2D eigenvalue weighted by molar-refractivity contribution is 7.86. The summed E-state index contributed by atoms with van der Waals surface area (Å²) >= 11 is 0. The van der Waals surface area contributed by atoms with E-state index in [1.807, 2.05) is 0 Å². The summed E-state index contributed by atoms with van der Waals surface area (Å²) in [5, 5.41) is -0.604. The molecule has 0 bridgehead atoms. The second-order valence-electron chi connectivity index (χ2n) is 4.24. The zero-order chi connectivity index (χ0) is 11.7. The lowest BCUT2D eigenvalue weighted by atomic mass is 10.1. The largest absolute Gasteiger partial charge is 0.285 e. The van der Waals surface area contributed by atoms with Gasteiger partial charge in [-0.05, 0) is 13.3 Å². The maximum absolute atomic E-state index is 10.7. The maximum atomic E-state index is 10.7. The molecule has 0 saturated heterocycles. The van der Waals surface area contributed by atoms with Crippen molar-refractivity contribution >= 4 is 10.1 Å². The van der Waals surface area contributed by atoms with Crippen molar-refractivity contribution in [3.05, 3.63) is 0 Å². The molecule has 4 heteroatoms. The first kappa shape index (κ1) is 14.9. The van der Waals surface area contributed by atoms with E-state index in [-0.39, 0.29) is 0 Å². The number of unbranched alkanes of at least 4 members (excludes halogenated alkanes) is 6. The predicted molar refractivity (Wildman–Crippen MR) is 63.6 cm³/mol. The van der Waals surface area contributed by atoms with Crippen LogP contribution in [0.5, 0.6) is 0 Å². The Morgan fingerprint density at radius 2 is 1.47 bits per heavy atom. The lowest BCUT2D eigenvalue weighted by Crippen LogP contribution is -2.16. The van der Waals surface area contributed by atoms with Crippen molar-refractivity contribution in [3.8, 4) is 0 Å². The average molecular weight is 236 g/mol. The molecule has 1 unspecified atom stereocenters. The SMILES string of the molecule is CCCCCCCCCC(C)S(=O)(=O)O. The van der Waals surface area contributed by atoms with Crippen molar-refractivity contribution in [2.24, 2.45) is 0 Å². The van der Waals surface area contributed by atoms with E-state index in [1.54, 1.807) is 6.92 Å². The van der Waals surface area contributed by atoms with Gasteiger partial charge in [-0.15, -0.1) is 0 Å². The van der Waals surface area contributed by atoms with Gasteiger partial charge in [0.25, 0.3) is 10.1 Å². The molecule has 0 aliphatic carbocycles. The summed E-state index contributed by atoms with van der Waals surface area (Å²) in [5.74, 6) is 0. The summed E-state index contributed by atoms with van der Waals surface area (Å²) < 4.78 is 30.1. The minimum atomic E-state index is -3.80. The molecule has 92 valence electrons. The summed E-state index contributed by atoms with van der Waals surface area (Å²) in [7, 11) is -3.80. The second kappa shape index (κ2) is 8.11. The van der Waals surface area contributed by atoms with E-state index in [0.717, 1.165) is 12.8 Å². The van der Waals surface area contributed by atoms with Crippen molar-refractivity contribution in [1.82, 2.24) is 0 Å². The Hall–Kier alpha value is -0.0900. The van der Waals surface area contributed by atoms with Gasteiger partial charge < -0.3 is 0 Å². The molecule has 0 rings (SSSR count). The predicted octanol–water partition coefficient (Wildman–Crippen LogP) is 3.40. The van der Waals surface area contributed by atoms with Gasteiger partial charge in [0.05, 0.1) is 5.25 Å². The molecule has 0 aromatic heterocycles. The molecule has 0 radical (unpaired) electrons. The molecule has 0 aromatic rings. The molecule has 0 aliphatic heterocycles. The van der Waals surface area contributed by atoms with Crippen LogP contribution in [0.15, 0.2) is 0 Å². The van der Waals surface area contributed by atoms with Gasteiger partial charge in [0.1, 0.15) is 0 Å². The number of rotatable bonds is 9. The second-order valence-corrected chi connectivity index (χ2v) is 6.07. The first-order valence-corrected chi connectivity index (χ1v) is 7.45. The molecular weight excluding hydrogens is 212 g/mol. The molecule has 0 aliphatic rings. The van der Waals surface area contributed by atoms with Crippen molar-refractivity contribution in [2.75, 3.05) is 0 Å². The fraction of sp³-hybridized carbons (Fsp3) is 1.00. The van der Waals surface area contributed by atoms with E-state index in [9.17, 15) is 8.42 Å². The summed E-state index contributed by atoms with van der Waals surface area (Å²) in [5.41, 5.74) is 0. The lowest BCUT2D eigenvalue weighted by molar-refractivity contribution is 0.461. The normalized spacial score (nSPS) is 14.1. The highest BCUT2D eigenvalue weighted by Gasteiger charge is 2.15. The third-order valence-electron chi connectivity index (χ3n) is 2.72. The quantitative estimate of drug-likeness (QED) is 0.493. The lowest BCUT2D eigenvalue weighted by Gasteiger charge is -2.07. The standard InChI is InChI=1S/C11H24O3S/c1-3-4-5-6-7-8-9-10-11(2)15(12,13)14/h11H,3-10H2,1-2H3,(H,12,13,14). The average Bonchev–Trinajstić information content (AvgIpc) is 2.14. The minimum absolute atomic E-state index is 0.576. The summed E-state index contributed by atoms with van der Waals surface area (Å²) in [6, 6.07) is 0. The van der Waals surface area contributed by atoms with E-state index in [2.05, 4.69) is 6.92 Å². The third kappa shape index (κ3) is 8.88. The van der Waals surface area contributed by atoms with Gasteiger partial charge in [-0.25, -0.2) is 0 Å². The zero-order valence-corrected chi connectivity index (χ0v) is 10.7. The molecule has 1 atom stereocenters. The Balaban J connectivity index is 3.32. The molecule has 1 N–H and O–H groups in total. The van der Waals surface area contributed by atoms with Crippen LogP contribution in [0.3, 0.4) is 0 Å². The van der Waals surface area contributed by atoms with E-state index in [4.69, 9.17) is 4.55 Å². The van der Waals surface area contributed by atoms with E-state index < -0.39 is 15.4 Å². The van der Waals surface area contributed by atoms with Gasteiger partial charge in [-0.2, -0.15) is 8.42 Å². The molecule has 0 amide bonds. The first-order valence-electron chi connectivity index (χ1n) is 5.94. The van der Waals surface area contributed by atoms with Crippen LogP contribution in [0.25, 0.3) is 0 Å². The zero-order valence-electron chi connectivity index (χ0n) is 9.91. The Labute approximate surface area is 94.0 Å². The van der Waals surface area contributed by atoms with Crippen molar-refractivity contribution in [1.29, 1.82) is 0 Å². The van der Waals surface area contributed by atoms with Crippen LogP contribution in [0.1, 0.15) is 65.2 Å². The highest BCUT2D eigenvalue weighted by atomic mass is 32.2. The van der Waals surface area contributed by atoms with Gasteiger partial charge >= 0.3 is 0 Å². The summed E-state index contributed by atoms with van der Waals surface area (Å²) in [4.78, 5) is 0. The maximum Gasteiger partial charge on any atom is 0.267 e. The molecule has 0 fully saturated rings. The third-order valence-corrected chi connectivity index (χ3v) is 3.98. The summed E-state index contributed by atoms with van der Waals surface area (Å²) in [6.07, 6.45) is 8.79. The highest BCUT2D eigenvalue weighted by Crippen LogP contribution is 2.12. The van der Waals surface area contributed by atoms with Crippen LogP contribution in [0, 0.1) is 0 Å². The van der Waals surface area contributed by atoms with Crippen LogP contribution in [-0.4, -0.2) is 18.2 Å². The van der Waals surface area contributed by atoms with Gasteiger partial charge in [-0.3, -0.25) is 4.55 Å². The van der Waals surface area contributed by atoms with Crippen molar-refractivity contribution in [3.63, 3.8) is 0 Å². The molecule has 0 spiro atoms. The van der Waals surface area contributed by atoms with Gasteiger partial charge in [0, 0.05) is 0 Å². The Bertz CT molecular complexity index is 234. The van der Waals surface area contributed by atoms with E-state index >= 15 is 0 Å². The van der Waals surface area contributed by atoms with Crippen LogP contribution < -0.4 is 0 Å². The van der Waals surface area contributed by atoms with Crippen LogP contribution in [0.2, 0.25) is 0 Å². The Morgan fingerprint density at radius 3 is 1.93 bits per heavy atom. The number of hydrogen-bond acceptors (Lipinski definition) is 2. The fourth-order valence-corrected chi connectivity index (χ4v) is 2.00. The Morgan fingerprint density at radius 1 is 1.00 bits per heavy atom. The minimum Gasteiger partial charge on any atom is -0.285 e. The van der Waals surface area contributed by atoms with Crippen molar-refractivity contribution in [2.45, 2.75) is 70.5 Å². The fourth-order valence-electron chi connectivity index (χ4n) is 1.54. The van der Waals surface area contributed by atoms with Gasteiger partial charge in [0.2, 0.25) is 0 Å². The topological polar surface area (TPSA) is 54.4 Å². The first-order chi connectivity index (χ1) is 6.98. The number of hydrogen-bond donors (Lipinski definition) is 1. The molecular formula is C11H24O3S. The van der Waals surface area contributed by atoms with E-state index in [1.165, 1.54) is 32.1 Å². The molecule has 0 aromatic carbocycles. The van der Waals surface area contributed by atoms with Crippen molar-refractivity contribution < 1.29 is 13.0 Å². The van der Waals surface area contributed by atoms with Gasteiger partial charge in [0.15, 0.2) is 0 Å². The van der Waals surface area contributed by atoms with Crippen LogP contribution >= 0.6 is 0 Å². The smallest absolute Gasteiger partial charge is 0.267 e. The summed E-state index contributed by atoms with van der Waals surface area (Å²) in [6.45, 7) is 3.75. The van der Waals surface area contributed by atoms with Crippen LogP contribution in [0.4, 0.5) is 0 Å². The molecule has 0 heterocycles. The molecule has 0 saturated carbocycles.